The Labute approximate surface area is 394 Å². The van der Waals surface area contributed by atoms with Crippen molar-refractivity contribution in [3.63, 3.8) is 0 Å². The number of methoxy groups -OCH3 is 2. The minimum absolute atomic E-state index is 0.0105. The third-order valence-corrected chi connectivity index (χ3v) is 19.2. The van der Waals surface area contributed by atoms with E-state index in [1.807, 2.05) is 62.2 Å². The second kappa shape index (κ2) is 17.4. The van der Waals surface area contributed by atoms with Crippen LogP contribution >= 0.6 is 7.60 Å². The Hall–Kier alpha value is -4.05. The maximum absolute atomic E-state index is 15.5. The number of rotatable bonds is 14. The Morgan fingerprint density at radius 1 is 1.03 bits per heavy atom. The molecule has 1 aromatic heterocycles. The molecular formula is C51H70N5O10P. The van der Waals surface area contributed by atoms with Crippen molar-refractivity contribution in [2.24, 2.45) is 11.3 Å². The van der Waals surface area contributed by atoms with Gasteiger partial charge in [0.15, 0.2) is 5.60 Å². The Morgan fingerprint density at radius 2 is 1.78 bits per heavy atom. The van der Waals surface area contributed by atoms with Crippen molar-refractivity contribution < 1.29 is 48.0 Å². The lowest BCUT2D eigenvalue weighted by atomic mass is 9.47. The average Bonchev–Trinajstić information content (AvgIpc) is 3.98. The molecule has 11 atom stereocenters. The fraction of sp³-hybridized carbons (Fsp3) is 0.608. The van der Waals surface area contributed by atoms with E-state index in [1.54, 1.807) is 21.0 Å². The van der Waals surface area contributed by atoms with Crippen LogP contribution in [-0.2, 0) is 45.2 Å². The zero-order chi connectivity index (χ0) is 47.9. The number of aromatic nitrogens is 1. The second-order valence-electron chi connectivity index (χ2n) is 20.0. The van der Waals surface area contributed by atoms with E-state index in [9.17, 15) is 19.9 Å². The molecular weight excluding hydrogens is 874 g/mol. The number of anilines is 1. The van der Waals surface area contributed by atoms with Crippen LogP contribution in [0, 0.1) is 11.3 Å². The number of nitrogens with zero attached hydrogens (tertiary/aromatic N) is 3. The standard InChI is InChI=1S/C51H70N5O10P/c1-9-17-40(67(62,65-12-4)66-13-5)53-45(58)51(61)43-49(22-25-56-23-16-21-48(11-3,42(49)56)44(51)57)35-26-36(39(63-7)27-38(35)54(43)6)50(46(59)64-8)29-32-28-47(60,10-2)31-55(30-32)24-20-34-33-18-14-15-19-37(33)52-41(34)50/h9,14-16,18-19,21,26-27,32,40,42-44,52,57,60-61H,1,10-13,17,20,22-25,28-31H2,2-8H3,(H,53,58)/t32-,40+,42+,43-,44-,47+,48-,49-,50+,51+/m1/s1. The number of aliphatic hydroxyl groups excluding tert-OH is 1. The molecule has 1 saturated carbocycles. The molecule has 6 aliphatic rings. The molecule has 0 radical (unpaired) electrons. The number of amides is 1. The lowest BCUT2D eigenvalue weighted by Gasteiger charge is -2.63. The van der Waals surface area contributed by atoms with Gasteiger partial charge >= 0.3 is 13.6 Å². The quantitative estimate of drug-likeness (QED) is 0.0773. The summed E-state index contributed by atoms with van der Waals surface area (Å²) < 4.78 is 38.3. The van der Waals surface area contributed by atoms with Gasteiger partial charge in [-0.2, -0.15) is 0 Å². The first-order valence-electron chi connectivity index (χ1n) is 24.3. The van der Waals surface area contributed by atoms with Crippen LogP contribution in [0.1, 0.15) is 88.6 Å². The van der Waals surface area contributed by atoms with Crippen molar-refractivity contribution >= 4 is 36.1 Å². The normalized spacial score (nSPS) is 34.8. The van der Waals surface area contributed by atoms with E-state index in [2.05, 4.69) is 38.8 Å². The number of ether oxygens (including phenoxy) is 2. The first kappa shape index (κ1) is 48.0. The maximum Gasteiger partial charge on any atom is 0.353 e. The molecule has 1 amide bonds. The van der Waals surface area contributed by atoms with Crippen LogP contribution in [-0.4, -0.2) is 144 Å². The summed E-state index contributed by atoms with van der Waals surface area (Å²) in [6.07, 6.45) is 6.77. The average molecular weight is 944 g/mol. The van der Waals surface area contributed by atoms with Crippen LogP contribution in [0.4, 0.5) is 5.69 Å². The van der Waals surface area contributed by atoms with Crippen molar-refractivity contribution in [2.45, 2.75) is 119 Å². The van der Waals surface area contributed by atoms with Gasteiger partial charge in [0, 0.05) is 84.0 Å². The van der Waals surface area contributed by atoms with Crippen LogP contribution in [0.2, 0.25) is 0 Å². The summed E-state index contributed by atoms with van der Waals surface area (Å²) in [5.74, 6) is -2.29. The third-order valence-electron chi connectivity index (χ3n) is 16.9. The number of aliphatic hydroxyl groups is 3. The molecule has 1 unspecified atom stereocenters. The van der Waals surface area contributed by atoms with Crippen molar-refractivity contribution in [3.05, 3.63) is 83.6 Å². The fourth-order valence-electron chi connectivity index (χ4n) is 14.3. The Bertz CT molecular complexity index is 2510. The minimum Gasteiger partial charge on any atom is -0.496 e. The molecule has 5 aliphatic heterocycles. The highest BCUT2D eigenvalue weighted by atomic mass is 31.2. The smallest absolute Gasteiger partial charge is 0.353 e. The van der Waals surface area contributed by atoms with Gasteiger partial charge in [0.05, 0.1) is 39.1 Å². The summed E-state index contributed by atoms with van der Waals surface area (Å²) in [6, 6.07) is 10.7. The lowest BCUT2D eigenvalue weighted by Crippen LogP contribution is -2.82. The van der Waals surface area contributed by atoms with Crippen LogP contribution in [0.3, 0.4) is 0 Å². The molecule has 2 aromatic carbocycles. The maximum atomic E-state index is 15.5. The number of hydrogen-bond acceptors (Lipinski definition) is 13. The Kier molecular flexibility index (Phi) is 12.5. The van der Waals surface area contributed by atoms with E-state index < -0.39 is 64.8 Å². The summed E-state index contributed by atoms with van der Waals surface area (Å²) in [5, 5.41) is 42.7. The van der Waals surface area contributed by atoms with E-state index in [-0.39, 0.29) is 31.6 Å². The van der Waals surface area contributed by atoms with Crippen LogP contribution < -0.4 is 15.0 Å². The van der Waals surface area contributed by atoms with E-state index in [1.165, 1.54) is 13.2 Å². The van der Waals surface area contributed by atoms with Crippen LogP contribution in [0.5, 0.6) is 5.75 Å². The minimum atomic E-state index is -4.00. The highest BCUT2D eigenvalue weighted by Crippen LogP contribution is 2.68. The van der Waals surface area contributed by atoms with Gasteiger partial charge in [0.25, 0.3) is 5.91 Å². The molecule has 3 fully saturated rings. The summed E-state index contributed by atoms with van der Waals surface area (Å²) >= 11 is 0. The van der Waals surface area contributed by atoms with Gasteiger partial charge in [0.1, 0.15) is 23.1 Å². The fourth-order valence-corrected chi connectivity index (χ4v) is 16.1. The van der Waals surface area contributed by atoms with Crippen molar-refractivity contribution in [3.8, 4) is 5.75 Å². The zero-order valence-corrected chi connectivity index (χ0v) is 41.1. The summed E-state index contributed by atoms with van der Waals surface area (Å²) in [5.41, 5.74) is -2.38. The number of piperidine rings is 1. The third kappa shape index (κ3) is 6.80. The van der Waals surface area contributed by atoms with Crippen molar-refractivity contribution in [1.29, 1.82) is 0 Å². The van der Waals surface area contributed by atoms with E-state index in [0.29, 0.717) is 88.2 Å². The van der Waals surface area contributed by atoms with Crippen LogP contribution in [0.25, 0.3) is 10.9 Å². The predicted molar refractivity (Wildman–Crippen MR) is 256 cm³/mol. The number of benzene rings is 2. The lowest BCUT2D eigenvalue weighted by molar-refractivity contribution is -0.203. The second-order valence-corrected chi connectivity index (χ2v) is 22.2. The Morgan fingerprint density at radius 3 is 2.45 bits per heavy atom. The number of carbonyl (C=O) groups excluding carboxylic acids is 2. The predicted octanol–water partition coefficient (Wildman–Crippen LogP) is 5.53. The molecule has 15 nitrogen and oxygen atoms in total. The number of likely N-dealkylation sites (N-methyl/N-ethyl adjacent to an activating group) is 1. The molecule has 9 rings (SSSR count). The molecule has 2 saturated heterocycles. The first-order chi connectivity index (χ1) is 32.1. The highest BCUT2D eigenvalue weighted by Gasteiger charge is 2.79. The van der Waals surface area contributed by atoms with E-state index >= 15 is 9.59 Å². The first-order valence-corrected chi connectivity index (χ1v) is 25.9. The zero-order valence-electron chi connectivity index (χ0n) is 40.2. The van der Waals surface area contributed by atoms with Gasteiger partial charge in [0.2, 0.25) is 0 Å². The van der Waals surface area contributed by atoms with Gasteiger partial charge in [-0.1, -0.05) is 50.3 Å². The van der Waals surface area contributed by atoms with E-state index in [0.717, 1.165) is 27.7 Å². The van der Waals surface area contributed by atoms with Gasteiger partial charge in [-0.15, -0.1) is 6.58 Å². The molecule has 6 heterocycles. The molecule has 5 N–H and O–H groups in total. The molecule has 1 spiro atoms. The number of H-pyrrole nitrogens is 1. The van der Waals surface area contributed by atoms with Gasteiger partial charge < -0.3 is 49.0 Å². The topological polar surface area (TPSA) is 186 Å². The number of carbonyl (C=O) groups is 2. The van der Waals surface area contributed by atoms with Gasteiger partial charge in [-0.05, 0) is 94.5 Å². The molecule has 2 bridgehead atoms. The number of para-hydroxylation sites is 1. The SMILES string of the molecule is C=CC[C@@H](NC(=O)[C@@]1(O)[C@H](O)[C@]2(CC)C=CCN3CC[C@@]4(c5cc([C@@]6(C(=O)OC)C[C@@H]7CN(CCc8c6[nH]c6ccccc86)C[C@](O)(CC)C7)c(OC)cc5N(C)[C@@H]14)[C@@H]32)P(=O)(OCC)OCC. The summed E-state index contributed by atoms with van der Waals surface area (Å²) in [4.78, 5) is 41.3. The van der Waals surface area contributed by atoms with Crippen LogP contribution in [0.15, 0.2) is 61.2 Å². The van der Waals surface area contributed by atoms with Gasteiger partial charge in [-0.3, -0.25) is 24.0 Å². The van der Waals surface area contributed by atoms with Gasteiger partial charge in [-0.25, -0.2) is 0 Å². The number of fused-ring (bicyclic) bond motifs is 6. The molecule has 67 heavy (non-hydrogen) atoms. The number of esters is 1. The summed E-state index contributed by atoms with van der Waals surface area (Å²) in [6.45, 7) is 14.5. The molecule has 3 aromatic rings. The summed E-state index contributed by atoms with van der Waals surface area (Å²) in [7, 11) is 0.843. The molecule has 16 heteroatoms. The van der Waals surface area contributed by atoms with Crippen molar-refractivity contribution in [1.82, 2.24) is 20.1 Å². The number of aromatic amines is 1. The number of hydrogen-bond donors (Lipinski definition) is 5. The molecule has 364 valence electrons. The monoisotopic (exact) mass is 943 g/mol. The Balaban J connectivity index is 1.31. The molecule has 1 aliphatic carbocycles. The highest BCUT2D eigenvalue weighted by molar-refractivity contribution is 7.54. The van der Waals surface area contributed by atoms with E-state index in [4.69, 9.17) is 18.5 Å². The largest absolute Gasteiger partial charge is 0.496 e. The van der Waals surface area contributed by atoms with Crippen molar-refractivity contribution in [2.75, 3.05) is 72.1 Å². The number of nitrogens with one attached hydrogen (secondary N) is 2.